The molecule has 0 atom stereocenters. The second-order valence-electron chi connectivity index (χ2n) is 4.57. The van der Waals surface area contributed by atoms with Crippen molar-refractivity contribution < 1.29 is 0 Å². The number of nitrogens with zero attached hydrogens (tertiary/aromatic N) is 2. The van der Waals surface area contributed by atoms with E-state index in [1.54, 1.807) is 0 Å². The molecule has 0 saturated carbocycles. The van der Waals surface area contributed by atoms with Gasteiger partial charge in [-0.25, -0.2) is 0 Å². The minimum atomic E-state index is 0.315. The molecule has 0 amide bonds. The topological polar surface area (TPSA) is 56.4 Å². The third-order valence-corrected chi connectivity index (χ3v) is 2.70. The molecule has 4 heteroatoms. The Labute approximate surface area is 100 Å². The molecule has 0 fully saturated rings. The lowest BCUT2D eigenvalue weighted by molar-refractivity contribution is 0.262. The lowest BCUT2D eigenvalue weighted by Gasteiger charge is -2.21. The van der Waals surface area contributed by atoms with Crippen molar-refractivity contribution in [2.75, 3.05) is 40.3 Å². The average molecular weight is 228 g/mol. The van der Waals surface area contributed by atoms with Crippen LogP contribution >= 0.6 is 0 Å². The Bertz CT molecular complexity index is 180. The molecule has 3 N–H and O–H groups in total. The van der Waals surface area contributed by atoms with Crippen molar-refractivity contribution in [2.24, 2.45) is 5.73 Å². The van der Waals surface area contributed by atoms with Gasteiger partial charge in [-0.05, 0) is 59.5 Å². The Morgan fingerprint density at radius 1 is 1.06 bits per heavy atom. The van der Waals surface area contributed by atoms with Crippen LogP contribution in [0.15, 0.2) is 0 Å². The molecular formula is C12H28N4. The van der Waals surface area contributed by atoms with Crippen LogP contribution in [0.1, 0.15) is 32.6 Å². The molecule has 0 aromatic carbocycles. The van der Waals surface area contributed by atoms with Crippen molar-refractivity contribution >= 4 is 5.84 Å². The van der Waals surface area contributed by atoms with E-state index in [0.717, 1.165) is 38.9 Å². The average Bonchev–Trinajstić information content (AvgIpc) is 2.20. The minimum absolute atomic E-state index is 0.315. The number of hydrogen-bond acceptors (Lipinski definition) is 3. The lowest BCUT2D eigenvalue weighted by Crippen LogP contribution is -2.28. The fourth-order valence-corrected chi connectivity index (χ4v) is 1.69. The fraction of sp³-hybridized carbons (Fsp3) is 0.917. The second kappa shape index (κ2) is 9.60. The Morgan fingerprint density at radius 3 is 2.19 bits per heavy atom. The SMILES string of the molecule is CCN(CCCCC(=N)N)CCCN(C)C. The number of rotatable bonds is 10. The number of nitrogens with two attached hydrogens (primary N) is 1. The predicted molar refractivity (Wildman–Crippen MR) is 71.1 cm³/mol. The van der Waals surface area contributed by atoms with Crippen LogP contribution in [0.25, 0.3) is 0 Å². The summed E-state index contributed by atoms with van der Waals surface area (Å²) in [4.78, 5) is 4.70. The van der Waals surface area contributed by atoms with Gasteiger partial charge >= 0.3 is 0 Å². The molecule has 0 aliphatic carbocycles. The molecule has 0 heterocycles. The van der Waals surface area contributed by atoms with Gasteiger partial charge in [0.05, 0.1) is 5.84 Å². The highest BCUT2D eigenvalue weighted by atomic mass is 15.1. The van der Waals surface area contributed by atoms with Crippen molar-refractivity contribution in [3.05, 3.63) is 0 Å². The molecule has 0 bridgehead atoms. The molecule has 0 aromatic rings. The molecule has 0 unspecified atom stereocenters. The summed E-state index contributed by atoms with van der Waals surface area (Å²) >= 11 is 0. The lowest BCUT2D eigenvalue weighted by atomic mass is 10.2. The maximum atomic E-state index is 7.14. The Morgan fingerprint density at radius 2 is 1.69 bits per heavy atom. The smallest absolute Gasteiger partial charge is 0.0905 e. The third kappa shape index (κ3) is 9.93. The molecule has 4 nitrogen and oxygen atoms in total. The summed E-state index contributed by atoms with van der Waals surface area (Å²) in [6, 6.07) is 0. The standard InChI is InChI=1S/C12H28N4/c1-4-16(11-7-9-15(2)3)10-6-5-8-12(13)14/h4-11H2,1-3H3,(H3,13,14). The van der Waals surface area contributed by atoms with Crippen LogP contribution in [-0.2, 0) is 0 Å². The number of hydrogen-bond donors (Lipinski definition) is 2. The van der Waals surface area contributed by atoms with E-state index in [0.29, 0.717) is 5.84 Å². The first-order valence-corrected chi connectivity index (χ1v) is 6.26. The first-order valence-electron chi connectivity index (χ1n) is 6.26. The molecule has 0 rings (SSSR count). The quantitative estimate of drug-likeness (QED) is 0.337. The summed E-state index contributed by atoms with van der Waals surface area (Å²) in [5.41, 5.74) is 5.32. The van der Waals surface area contributed by atoms with Crippen molar-refractivity contribution in [1.82, 2.24) is 9.80 Å². The largest absolute Gasteiger partial charge is 0.388 e. The van der Waals surface area contributed by atoms with Crippen molar-refractivity contribution in [2.45, 2.75) is 32.6 Å². The highest BCUT2D eigenvalue weighted by Gasteiger charge is 2.02. The molecule has 16 heavy (non-hydrogen) atoms. The van der Waals surface area contributed by atoms with Crippen LogP contribution < -0.4 is 5.73 Å². The number of amidine groups is 1. The van der Waals surface area contributed by atoms with Gasteiger partial charge in [0.15, 0.2) is 0 Å². The Kier molecular flexibility index (Phi) is 9.24. The highest BCUT2D eigenvalue weighted by molar-refractivity contribution is 5.76. The highest BCUT2D eigenvalue weighted by Crippen LogP contribution is 2.00. The summed E-state index contributed by atoms with van der Waals surface area (Å²) in [6.45, 7) is 6.80. The molecule has 0 spiro atoms. The van der Waals surface area contributed by atoms with Gasteiger partial charge in [-0.3, -0.25) is 5.41 Å². The molecule has 0 aromatic heterocycles. The van der Waals surface area contributed by atoms with Gasteiger partial charge in [0.1, 0.15) is 0 Å². The number of nitrogens with one attached hydrogen (secondary N) is 1. The summed E-state index contributed by atoms with van der Waals surface area (Å²) < 4.78 is 0. The minimum Gasteiger partial charge on any atom is -0.388 e. The zero-order valence-corrected chi connectivity index (χ0v) is 11.1. The van der Waals surface area contributed by atoms with E-state index in [-0.39, 0.29) is 0 Å². The predicted octanol–water partition coefficient (Wildman–Crippen LogP) is 1.37. The van der Waals surface area contributed by atoms with Gasteiger partial charge in [-0.15, -0.1) is 0 Å². The summed E-state index contributed by atoms with van der Waals surface area (Å²) in [6.07, 6.45) is 4.16. The molecule has 0 saturated heterocycles. The van der Waals surface area contributed by atoms with E-state index in [4.69, 9.17) is 11.1 Å². The van der Waals surface area contributed by atoms with Crippen molar-refractivity contribution in [3.8, 4) is 0 Å². The van der Waals surface area contributed by atoms with Gasteiger partial charge in [0.2, 0.25) is 0 Å². The van der Waals surface area contributed by atoms with Crippen LogP contribution in [0, 0.1) is 5.41 Å². The van der Waals surface area contributed by atoms with Crippen LogP contribution in [0.3, 0.4) is 0 Å². The Balaban J connectivity index is 3.47. The van der Waals surface area contributed by atoms with Gasteiger partial charge in [-0.1, -0.05) is 6.92 Å². The Hall–Kier alpha value is -0.610. The van der Waals surface area contributed by atoms with Gasteiger partial charge < -0.3 is 15.5 Å². The second-order valence-corrected chi connectivity index (χ2v) is 4.57. The van der Waals surface area contributed by atoms with Crippen LogP contribution in [0.4, 0.5) is 0 Å². The molecule has 0 aliphatic heterocycles. The van der Waals surface area contributed by atoms with E-state index in [2.05, 4.69) is 30.8 Å². The number of unbranched alkanes of at least 4 members (excludes halogenated alkanes) is 1. The summed E-state index contributed by atoms with van der Waals surface area (Å²) in [5, 5.41) is 7.14. The zero-order chi connectivity index (χ0) is 12.4. The maximum Gasteiger partial charge on any atom is 0.0905 e. The maximum absolute atomic E-state index is 7.14. The van der Waals surface area contributed by atoms with Crippen molar-refractivity contribution in [3.63, 3.8) is 0 Å². The van der Waals surface area contributed by atoms with E-state index >= 15 is 0 Å². The van der Waals surface area contributed by atoms with Crippen LogP contribution in [0.2, 0.25) is 0 Å². The monoisotopic (exact) mass is 228 g/mol. The molecule has 96 valence electrons. The first kappa shape index (κ1) is 15.4. The van der Waals surface area contributed by atoms with Crippen molar-refractivity contribution in [1.29, 1.82) is 5.41 Å². The third-order valence-electron chi connectivity index (χ3n) is 2.70. The normalized spacial score (nSPS) is 11.3. The van der Waals surface area contributed by atoms with E-state index in [1.165, 1.54) is 13.0 Å². The zero-order valence-electron chi connectivity index (χ0n) is 11.1. The molecule has 0 radical (unpaired) electrons. The van der Waals surface area contributed by atoms with Gasteiger partial charge in [-0.2, -0.15) is 0 Å². The molecular weight excluding hydrogens is 200 g/mol. The van der Waals surface area contributed by atoms with Crippen LogP contribution in [-0.4, -0.2) is 55.9 Å². The van der Waals surface area contributed by atoms with E-state index in [9.17, 15) is 0 Å². The van der Waals surface area contributed by atoms with Crippen LogP contribution in [0.5, 0.6) is 0 Å². The fourth-order valence-electron chi connectivity index (χ4n) is 1.69. The van der Waals surface area contributed by atoms with Gasteiger partial charge in [0.25, 0.3) is 0 Å². The van der Waals surface area contributed by atoms with Gasteiger partial charge in [0, 0.05) is 6.42 Å². The molecule has 0 aliphatic rings. The van der Waals surface area contributed by atoms with E-state index < -0.39 is 0 Å². The van der Waals surface area contributed by atoms with E-state index in [1.807, 2.05) is 0 Å². The summed E-state index contributed by atoms with van der Waals surface area (Å²) in [5.74, 6) is 0.315. The first-order chi connectivity index (χ1) is 7.56. The summed E-state index contributed by atoms with van der Waals surface area (Å²) in [7, 11) is 4.23.